The quantitative estimate of drug-likeness (QED) is 0.663. The smallest absolute Gasteiger partial charge is 0.139 e. The van der Waals surface area contributed by atoms with Crippen LogP contribution in [0.3, 0.4) is 0 Å². The molecule has 15 heavy (non-hydrogen) atoms. The number of hydrogen-bond donors (Lipinski definition) is 0. The summed E-state index contributed by atoms with van der Waals surface area (Å²) >= 11 is 0. The first kappa shape index (κ1) is 9.84. The summed E-state index contributed by atoms with van der Waals surface area (Å²) in [4.78, 5) is 0. The zero-order valence-electron chi connectivity index (χ0n) is 9.03. The Kier molecular flexibility index (Phi) is 2.77. The summed E-state index contributed by atoms with van der Waals surface area (Å²) < 4.78 is 5.20. The number of ether oxygens (including phenoxy) is 1. The highest BCUT2D eigenvalue weighted by Crippen LogP contribution is 2.22. The molecule has 0 N–H and O–H groups in total. The Labute approximate surface area is 91.1 Å². The molecule has 0 aliphatic rings. The highest BCUT2D eigenvalue weighted by atomic mass is 16.5. The molecule has 0 amide bonds. The van der Waals surface area contributed by atoms with E-state index in [2.05, 4.69) is 38.2 Å². The van der Waals surface area contributed by atoms with Gasteiger partial charge < -0.3 is 4.74 Å². The molecule has 74 valence electrons. The van der Waals surface area contributed by atoms with Crippen LogP contribution in [0.1, 0.15) is 0 Å². The Morgan fingerprint density at radius 2 is 1.67 bits per heavy atom. The second kappa shape index (κ2) is 4.22. The molecule has 1 nitrogen and oxygen atoms in total. The SMILES string of the molecule is Bc1ccc(-c2cccc(OC)c2)cc1. The van der Waals surface area contributed by atoms with E-state index in [9.17, 15) is 0 Å². The average molecular weight is 196 g/mol. The van der Waals surface area contributed by atoms with Crippen molar-refractivity contribution in [1.29, 1.82) is 0 Å². The summed E-state index contributed by atoms with van der Waals surface area (Å²) in [6.45, 7) is 0. The van der Waals surface area contributed by atoms with Gasteiger partial charge in [-0.05, 0) is 23.3 Å². The van der Waals surface area contributed by atoms with Gasteiger partial charge in [-0.3, -0.25) is 0 Å². The Balaban J connectivity index is 2.40. The van der Waals surface area contributed by atoms with Gasteiger partial charge in [0, 0.05) is 0 Å². The maximum Gasteiger partial charge on any atom is 0.139 e. The Morgan fingerprint density at radius 3 is 2.33 bits per heavy atom. The predicted molar refractivity (Wildman–Crippen MR) is 66.6 cm³/mol. The van der Waals surface area contributed by atoms with Gasteiger partial charge >= 0.3 is 0 Å². The third-order valence-corrected chi connectivity index (χ3v) is 2.45. The van der Waals surface area contributed by atoms with E-state index in [4.69, 9.17) is 4.74 Å². The Hall–Kier alpha value is -1.70. The van der Waals surface area contributed by atoms with E-state index in [1.54, 1.807) is 7.11 Å². The van der Waals surface area contributed by atoms with Crippen molar-refractivity contribution < 1.29 is 4.74 Å². The van der Waals surface area contributed by atoms with E-state index >= 15 is 0 Å². The van der Waals surface area contributed by atoms with E-state index in [-0.39, 0.29) is 0 Å². The van der Waals surface area contributed by atoms with Gasteiger partial charge in [-0.1, -0.05) is 41.9 Å². The highest BCUT2D eigenvalue weighted by Gasteiger charge is 1.98. The minimum atomic E-state index is 0.896. The standard InChI is InChI=1S/C13H13BO/c1-15-13-4-2-3-11(9-13)10-5-7-12(14)8-6-10/h2-9H,14H2,1H3. The van der Waals surface area contributed by atoms with Gasteiger partial charge in [-0.15, -0.1) is 0 Å². The molecule has 0 aliphatic heterocycles. The van der Waals surface area contributed by atoms with Gasteiger partial charge in [0.1, 0.15) is 13.6 Å². The second-order valence-corrected chi connectivity index (χ2v) is 3.60. The van der Waals surface area contributed by atoms with Gasteiger partial charge in [0.2, 0.25) is 0 Å². The average Bonchev–Trinajstić information content (AvgIpc) is 2.30. The minimum Gasteiger partial charge on any atom is -0.497 e. The summed E-state index contributed by atoms with van der Waals surface area (Å²) in [6.07, 6.45) is 0. The van der Waals surface area contributed by atoms with Crippen LogP contribution >= 0.6 is 0 Å². The lowest BCUT2D eigenvalue weighted by atomic mass is 9.94. The molecule has 2 heteroatoms. The van der Waals surface area contributed by atoms with Crippen LogP contribution in [-0.4, -0.2) is 15.0 Å². The minimum absolute atomic E-state index is 0.896. The molecule has 0 bridgehead atoms. The van der Waals surface area contributed by atoms with Gasteiger partial charge in [-0.2, -0.15) is 0 Å². The summed E-state index contributed by atoms with van der Waals surface area (Å²) in [5.41, 5.74) is 3.69. The Bertz CT molecular complexity index is 448. The van der Waals surface area contributed by atoms with Gasteiger partial charge in [0.15, 0.2) is 0 Å². The second-order valence-electron chi connectivity index (χ2n) is 3.60. The maximum atomic E-state index is 5.20. The van der Waals surface area contributed by atoms with Crippen molar-refractivity contribution in [3.05, 3.63) is 48.5 Å². The van der Waals surface area contributed by atoms with Crippen LogP contribution in [0.2, 0.25) is 0 Å². The fraction of sp³-hybridized carbons (Fsp3) is 0.0769. The Morgan fingerprint density at radius 1 is 0.933 bits per heavy atom. The van der Waals surface area contributed by atoms with Gasteiger partial charge in [0.25, 0.3) is 0 Å². The van der Waals surface area contributed by atoms with Gasteiger partial charge in [0.05, 0.1) is 7.11 Å². The topological polar surface area (TPSA) is 9.23 Å². The van der Waals surface area contributed by atoms with Crippen LogP contribution in [0, 0.1) is 0 Å². The molecule has 0 aromatic heterocycles. The first-order valence-corrected chi connectivity index (χ1v) is 5.01. The molecule has 0 unspecified atom stereocenters. The molecule has 0 heterocycles. The van der Waals surface area contributed by atoms with Crippen molar-refractivity contribution in [2.24, 2.45) is 0 Å². The van der Waals surface area contributed by atoms with Crippen LogP contribution in [0.15, 0.2) is 48.5 Å². The molecule has 0 aliphatic carbocycles. The van der Waals surface area contributed by atoms with Crippen molar-refractivity contribution in [3.8, 4) is 16.9 Å². The first-order chi connectivity index (χ1) is 7.29. The fourth-order valence-electron chi connectivity index (χ4n) is 1.55. The van der Waals surface area contributed by atoms with E-state index in [1.807, 2.05) is 18.2 Å². The zero-order valence-corrected chi connectivity index (χ0v) is 9.03. The zero-order chi connectivity index (χ0) is 10.7. The van der Waals surface area contributed by atoms with Crippen LogP contribution in [0.25, 0.3) is 11.1 Å². The number of hydrogen-bond acceptors (Lipinski definition) is 1. The van der Waals surface area contributed by atoms with Crippen LogP contribution in [0.5, 0.6) is 5.75 Å². The molecular formula is C13H13BO. The molecule has 2 aromatic carbocycles. The summed E-state index contributed by atoms with van der Waals surface area (Å²) in [5.74, 6) is 0.896. The molecule has 0 radical (unpaired) electrons. The van der Waals surface area contributed by atoms with Crippen LogP contribution < -0.4 is 10.2 Å². The fourth-order valence-corrected chi connectivity index (χ4v) is 1.55. The lowest BCUT2D eigenvalue weighted by Gasteiger charge is -2.04. The highest BCUT2D eigenvalue weighted by molar-refractivity contribution is 6.32. The molecule has 0 atom stereocenters. The molecule has 0 fully saturated rings. The number of methoxy groups -OCH3 is 1. The molecule has 2 aromatic rings. The maximum absolute atomic E-state index is 5.20. The largest absolute Gasteiger partial charge is 0.497 e. The summed E-state index contributed by atoms with van der Waals surface area (Å²) in [7, 11) is 3.78. The number of rotatable bonds is 2. The summed E-state index contributed by atoms with van der Waals surface area (Å²) in [5, 5.41) is 0. The lowest BCUT2D eigenvalue weighted by Crippen LogP contribution is -1.99. The normalized spacial score (nSPS) is 9.93. The van der Waals surface area contributed by atoms with E-state index in [1.165, 1.54) is 16.6 Å². The molecule has 0 saturated heterocycles. The van der Waals surface area contributed by atoms with E-state index < -0.39 is 0 Å². The third kappa shape index (κ3) is 2.21. The van der Waals surface area contributed by atoms with Crippen molar-refractivity contribution in [2.45, 2.75) is 0 Å². The third-order valence-electron chi connectivity index (χ3n) is 2.45. The van der Waals surface area contributed by atoms with Crippen molar-refractivity contribution in [1.82, 2.24) is 0 Å². The molecule has 0 saturated carbocycles. The first-order valence-electron chi connectivity index (χ1n) is 5.01. The molecule has 2 rings (SSSR count). The summed E-state index contributed by atoms with van der Waals surface area (Å²) in [6, 6.07) is 16.6. The van der Waals surface area contributed by atoms with Crippen molar-refractivity contribution in [3.63, 3.8) is 0 Å². The predicted octanol–water partition coefficient (Wildman–Crippen LogP) is 1.62. The van der Waals surface area contributed by atoms with Crippen molar-refractivity contribution >= 4 is 13.3 Å². The van der Waals surface area contributed by atoms with E-state index in [0.717, 1.165) is 5.75 Å². The monoisotopic (exact) mass is 196 g/mol. The lowest BCUT2D eigenvalue weighted by molar-refractivity contribution is 0.415. The van der Waals surface area contributed by atoms with Gasteiger partial charge in [-0.25, -0.2) is 0 Å². The van der Waals surface area contributed by atoms with Crippen molar-refractivity contribution in [2.75, 3.05) is 7.11 Å². The van der Waals surface area contributed by atoms with Crippen LogP contribution in [0.4, 0.5) is 0 Å². The molecular weight excluding hydrogens is 183 g/mol. The van der Waals surface area contributed by atoms with Crippen LogP contribution in [-0.2, 0) is 0 Å². The van der Waals surface area contributed by atoms with E-state index in [0.29, 0.717) is 0 Å². The molecule has 0 spiro atoms. The number of benzene rings is 2.